The van der Waals surface area contributed by atoms with E-state index in [0.29, 0.717) is 30.5 Å². The predicted octanol–water partition coefficient (Wildman–Crippen LogP) is 5.95. The van der Waals surface area contributed by atoms with Crippen LogP contribution in [0.5, 0.6) is 5.75 Å². The van der Waals surface area contributed by atoms with Crippen LogP contribution in [0.25, 0.3) is 0 Å². The zero-order valence-corrected chi connectivity index (χ0v) is 22.6. The van der Waals surface area contributed by atoms with E-state index in [-0.39, 0.29) is 18.1 Å². The van der Waals surface area contributed by atoms with Crippen LogP contribution in [0.4, 0.5) is 4.79 Å². The molecule has 1 heterocycles. The van der Waals surface area contributed by atoms with Gasteiger partial charge in [-0.15, -0.1) is 0 Å². The number of ether oxygens (including phenoxy) is 2. The number of carbonyl (C=O) groups is 1. The minimum Gasteiger partial charge on any atom is -0.489 e. The molecule has 8 heteroatoms. The van der Waals surface area contributed by atoms with Gasteiger partial charge < -0.3 is 14.4 Å². The van der Waals surface area contributed by atoms with Gasteiger partial charge >= 0.3 is 6.09 Å². The highest BCUT2D eigenvalue weighted by atomic mass is 35.5. The third kappa shape index (κ3) is 8.01. The molecule has 0 bridgehead atoms. The molecule has 1 aromatic rings. The monoisotopic (exact) mass is 498 g/mol. The summed E-state index contributed by atoms with van der Waals surface area (Å²) in [7, 11) is -1.30. The zero-order chi connectivity index (χ0) is 25.0. The fourth-order valence-corrected chi connectivity index (χ4v) is 4.71. The highest BCUT2D eigenvalue weighted by molar-refractivity contribution is 7.84. The molecule has 1 aliphatic heterocycles. The van der Waals surface area contributed by atoms with Crippen molar-refractivity contribution in [1.82, 2.24) is 9.62 Å². The molecular weight excluding hydrogens is 460 g/mol. The largest absolute Gasteiger partial charge is 0.489 e. The Kier molecular flexibility index (Phi) is 9.42. The van der Waals surface area contributed by atoms with Crippen molar-refractivity contribution in [1.29, 1.82) is 0 Å². The Labute approximate surface area is 206 Å². The molecule has 2 atom stereocenters. The van der Waals surface area contributed by atoms with Gasteiger partial charge in [0.1, 0.15) is 18.0 Å². The van der Waals surface area contributed by atoms with Crippen molar-refractivity contribution in [2.75, 3.05) is 19.7 Å². The summed E-state index contributed by atoms with van der Waals surface area (Å²) in [6.07, 6.45) is 2.88. The van der Waals surface area contributed by atoms with Crippen molar-refractivity contribution in [3.05, 3.63) is 40.9 Å². The number of piperidine rings is 1. The van der Waals surface area contributed by atoms with Crippen molar-refractivity contribution < 1.29 is 18.5 Å². The number of aryl methyl sites for hydroxylation is 1. The molecule has 0 spiro atoms. The SMILES string of the molecule is C=CCOc1cc(C)c(Cl)cc1C(N[S@](=O)C(C)(C)C)C1CCN(C(=O)OC(C)(C)C)CC1. The number of rotatable bonds is 7. The summed E-state index contributed by atoms with van der Waals surface area (Å²) < 4.78 is 27.6. The summed E-state index contributed by atoms with van der Waals surface area (Å²) in [4.78, 5) is 14.3. The van der Waals surface area contributed by atoms with Gasteiger partial charge in [-0.2, -0.15) is 0 Å². The third-order valence-corrected chi connectivity index (χ3v) is 7.42. The first kappa shape index (κ1) is 27.7. The second-order valence-electron chi connectivity index (χ2n) is 10.5. The lowest BCUT2D eigenvalue weighted by molar-refractivity contribution is 0.0171. The smallest absolute Gasteiger partial charge is 0.410 e. The first-order chi connectivity index (χ1) is 15.2. The Hall–Kier alpha value is -1.57. The molecule has 1 N–H and O–H groups in total. The number of hydrogen-bond donors (Lipinski definition) is 1. The van der Waals surface area contributed by atoms with E-state index in [1.54, 1.807) is 11.0 Å². The number of amides is 1. The molecule has 1 fully saturated rings. The van der Waals surface area contributed by atoms with E-state index in [0.717, 1.165) is 24.0 Å². The standard InChI is InChI=1S/C25H39ClN2O4S/c1-9-14-31-21-15-17(2)20(26)16-19(21)22(27-33(30)25(6,7)8)18-10-12-28(13-11-18)23(29)32-24(3,4)5/h9,15-16,18,22,27H,1,10-14H2,2-8H3/t22?,33-/m1/s1. The fourth-order valence-electron chi connectivity index (χ4n) is 3.63. The van der Waals surface area contributed by atoms with Crippen molar-refractivity contribution >= 4 is 28.7 Å². The molecule has 1 unspecified atom stereocenters. The summed E-state index contributed by atoms with van der Waals surface area (Å²) >= 11 is 6.51. The van der Waals surface area contributed by atoms with Crippen LogP contribution in [0.3, 0.4) is 0 Å². The van der Waals surface area contributed by atoms with Gasteiger partial charge in [0, 0.05) is 23.7 Å². The summed E-state index contributed by atoms with van der Waals surface area (Å²) in [5.74, 6) is 0.842. The topological polar surface area (TPSA) is 67.9 Å². The molecule has 1 amide bonds. The number of halogens is 1. The molecule has 0 saturated carbocycles. The molecule has 1 aliphatic rings. The first-order valence-corrected chi connectivity index (χ1v) is 13.0. The van der Waals surface area contributed by atoms with Crippen LogP contribution in [-0.4, -0.2) is 45.2 Å². The lowest BCUT2D eigenvalue weighted by Gasteiger charge is -2.38. The highest BCUT2D eigenvalue weighted by Crippen LogP contribution is 2.39. The Morgan fingerprint density at radius 1 is 1.27 bits per heavy atom. The number of nitrogens with one attached hydrogen (secondary N) is 1. The predicted molar refractivity (Wildman–Crippen MR) is 136 cm³/mol. The Morgan fingerprint density at radius 3 is 2.39 bits per heavy atom. The van der Waals surface area contributed by atoms with Gasteiger partial charge in [0.2, 0.25) is 0 Å². The molecule has 1 aromatic carbocycles. The van der Waals surface area contributed by atoms with Crippen LogP contribution in [0.15, 0.2) is 24.8 Å². The quantitative estimate of drug-likeness (QED) is 0.471. The Balaban J connectivity index is 2.33. The average molecular weight is 499 g/mol. The summed E-state index contributed by atoms with van der Waals surface area (Å²) in [5, 5.41) is 0.635. The van der Waals surface area contributed by atoms with E-state index < -0.39 is 21.3 Å². The lowest BCUT2D eigenvalue weighted by Crippen LogP contribution is -2.45. The van der Waals surface area contributed by atoms with E-state index in [2.05, 4.69) is 11.3 Å². The number of carbonyl (C=O) groups excluding carboxylic acids is 1. The van der Waals surface area contributed by atoms with E-state index in [9.17, 15) is 9.00 Å². The minimum absolute atomic E-state index is 0.139. The highest BCUT2D eigenvalue weighted by Gasteiger charge is 2.35. The fraction of sp³-hybridized carbons (Fsp3) is 0.640. The van der Waals surface area contributed by atoms with Gasteiger partial charge in [-0.05, 0) is 84.9 Å². The van der Waals surface area contributed by atoms with Crippen LogP contribution in [0.2, 0.25) is 5.02 Å². The molecule has 6 nitrogen and oxygen atoms in total. The van der Waals surface area contributed by atoms with Crippen LogP contribution >= 0.6 is 11.6 Å². The second-order valence-corrected chi connectivity index (χ2v) is 12.9. The molecule has 1 saturated heterocycles. The molecule has 0 aromatic heterocycles. The Bertz CT molecular complexity index is 868. The first-order valence-electron chi connectivity index (χ1n) is 11.4. The number of nitrogens with zero attached hydrogens (tertiary/aromatic N) is 1. The molecule has 33 heavy (non-hydrogen) atoms. The summed E-state index contributed by atoms with van der Waals surface area (Å²) in [6.45, 7) is 18.6. The molecule has 186 valence electrons. The van der Waals surface area contributed by atoms with Crippen LogP contribution in [-0.2, 0) is 15.7 Å². The van der Waals surface area contributed by atoms with Gasteiger partial charge in [-0.25, -0.2) is 13.7 Å². The maximum Gasteiger partial charge on any atom is 0.410 e. The summed E-state index contributed by atoms with van der Waals surface area (Å²) in [5.41, 5.74) is 1.26. The van der Waals surface area contributed by atoms with Gasteiger partial charge in [0.05, 0.1) is 21.8 Å². The van der Waals surface area contributed by atoms with E-state index in [1.807, 2.05) is 60.6 Å². The van der Waals surface area contributed by atoms with Gasteiger partial charge in [0.25, 0.3) is 0 Å². The minimum atomic E-state index is -1.30. The van der Waals surface area contributed by atoms with Gasteiger partial charge in [-0.1, -0.05) is 24.3 Å². The maximum absolute atomic E-state index is 13.1. The van der Waals surface area contributed by atoms with E-state index in [1.165, 1.54) is 0 Å². The van der Waals surface area contributed by atoms with Crippen molar-refractivity contribution in [3.63, 3.8) is 0 Å². The van der Waals surface area contributed by atoms with E-state index >= 15 is 0 Å². The second kappa shape index (κ2) is 11.2. The average Bonchev–Trinajstić information content (AvgIpc) is 2.70. The zero-order valence-electron chi connectivity index (χ0n) is 21.0. The van der Waals surface area contributed by atoms with Crippen LogP contribution in [0.1, 0.15) is 71.6 Å². The van der Waals surface area contributed by atoms with Gasteiger partial charge in [0.15, 0.2) is 0 Å². The van der Waals surface area contributed by atoms with Crippen LogP contribution in [0, 0.1) is 12.8 Å². The van der Waals surface area contributed by atoms with Crippen molar-refractivity contribution in [2.24, 2.45) is 5.92 Å². The summed E-state index contributed by atoms with van der Waals surface area (Å²) in [6, 6.07) is 3.59. The third-order valence-electron chi connectivity index (χ3n) is 5.44. The molecular formula is C25H39ClN2O4S. The number of benzene rings is 1. The number of hydrogen-bond acceptors (Lipinski definition) is 4. The maximum atomic E-state index is 13.1. The number of likely N-dealkylation sites (tertiary alicyclic amines) is 1. The van der Waals surface area contributed by atoms with E-state index in [4.69, 9.17) is 21.1 Å². The molecule has 0 aliphatic carbocycles. The molecule has 0 radical (unpaired) electrons. The van der Waals surface area contributed by atoms with Crippen molar-refractivity contribution in [3.8, 4) is 5.75 Å². The van der Waals surface area contributed by atoms with Crippen molar-refractivity contribution in [2.45, 2.75) is 77.7 Å². The van der Waals surface area contributed by atoms with Crippen LogP contribution < -0.4 is 9.46 Å². The lowest BCUT2D eigenvalue weighted by atomic mass is 9.85. The van der Waals surface area contributed by atoms with Gasteiger partial charge in [-0.3, -0.25) is 0 Å². The Morgan fingerprint density at radius 2 is 1.88 bits per heavy atom. The normalized spacial score (nSPS) is 17.4. The molecule has 2 rings (SSSR count).